The minimum absolute atomic E-state index is 0.117. The molecule has 2 aliphatic heterocycles. The third-order valence-electron chi connectivity index (χ3n) is 5.41. The smallest absolute Gasteiger partial charge is 0.256 e. The van der Waals surface area contributed by atoms with Crippen LogP contribution in [0.2, 0.25) is 0 Å². The Hall–Kier alpha value is -2.63. The van der Waals surface area contributed by atoms with Crippen molar-refractivity contribution in [1.29, 1.82) is 0 Å². The van der Waals surface area contributed by atoms with Crippen molar-refractivity contribution in [1.82, 2.24) is 19.3 Å². The fraction of sp³-hybridized carbons (Fsp3) is 0.421. The van der Waals surface area contributed by atoms with Crippen LogP contribution in [0.1, 0.15) is 36.0 Å². The third-order valence-corrected chi connectivity index (χ3v) is 5.41. The number of pyridine rings is 1. The maximum atomic E-state index is 13.3. The van der Waals surface area contributed by atoms with Crippen molar-refractivity contribution >= 4 is 28.3 Å². The first kappa shape index (κ1) is 14.7. The molecule has 5 rings (SSSR count). The van der Waals surface area contributed by atoms with Crippen molar-refractivity contribution in [3.05, 3.63) is 36.3 Å². The maximum absolute atomic E-state index is 13.3. The van der Waals surface area contributed by atoms with Gasteiger partial charge in [0.15, 0.2) is 5.65 Å². The summed E-state index contributed by atoms with van der Waals surface area (Å²) in [4.78, 5) is 26.7. The Balaban J connectivity index is 1.81. The Morgan fingerprint density at radius 2 is 1.72 bits per heavy atom. The van der Waals surface area contributed by atoms with Crippen LogP contribution in [0.5, 0.6) is 0 Å². The lowest BCUT2D eigenvalue weighted by molar-refractivity contribution is 0.0796. The molecule has 3 aromatic heterocycles. The molecule has 128 valence electrons. The van der Waals surface area contributed by atoms with Gasteiger partial charge in [-0.15, -0.1) is 0 Å². The zero-order chi connectivity index (χ0) is 16.8. The van der Waals surface area contributed by atoms with E-state index < -0.39 is 0 Å². The SMILES string of the molecule is O=C(c1c2c(N3CCCC3)ncnc2n2ccccc12)N1CCCC1. The van der Waals surface area contributed by atoms with Gasteiger partial charge in [-0.2, -0.15) is 0 Å². The number of fused-ring (bicyclic) bond motifs is 3. The highest BCUT2D eigenvalue weighted by molar-refractivity contribution is 6.16. The van der Waals surface area contributed by atoms with E-state index in [1.54, 1.807) is 6.33 Å². The van der Waals surface area contributed by atoms with Crippen LogP contribution in [-0.2, 0) is 0 Å². The molecule has 2 saturated heterocycles. The van der Waals surface area contributed by atoms with E-state index in [1.807, 2.05) is 33.7 Å². The zero-order valence-electron chi connectivity index (χ0n) is 14.2. The van der Waals surface area contributed by atoms with Gasteiger partial charge in [-0.3, -0.25) is 4.79 Å². The molecule has 0 radical (unpaired) electrons. The average Bonchev–Trinajstić information content (AvgIpc) is 3.40. The number of aromatic nitrogens is 3. The minimum atomic E-state index is 0.117. The van der Waals surface area contributed by atoms with E-state index in [-0.39, 0.29) is 5.91 Å². The highest BCUT2D eigenvalue weighted by Crippen LogP contribution is 2.34. The summed E-state index contributed by atoms with van der Waals surface area (Å²) in [6, 6.07) is 5.98. The highest BCUT2D eigenvalue weighted by Gasteiger charge is 2.29. The Morgan fingerprint density at radius 3 is 2.52 bits per heavy atom. The summed E-state index contributed by atoms with van der Waals surface area (Å²) in [6.07, 6.45) is 8.14. The molecule has 1 amide bonds. The summed E-state index contributed by atoms with van der Waals surface area (Å²) in [5, 5.41) is 0.910. The number of anilines is 1. The highest BCUT2D eigenvalue weighted by atomic mass is 16.2. The Kier molecular flexibility index (Phi) is 3.36. The average molecular weight is 335 g/mol. The Bertz CT molecular complexity index is 951. The van der Waals surface area contributed by atoms with Gasteiger partial charge in [0.2, 0.25) is 0 Å². The van der Waals surface area contributed by atoms with Crippen molar-refractivity contribution in [2.75, 3.05) is 31.1 Å². The summed E-state index contributed by atoms with van der Waals surface area (Å²) in [6.45, 7) is 3.68. The lowest BCUT2D eigenvalue weighted by Crippen LogP contribution is -2.28. The number of amides is 1. The second-order valence-electron chi connectivity index (χ2n) is 6.92. The lowest BCUT2D eigenvalue weighted by Gasteiger charge is -2.19. The molecule has 5 heterocycles. The molecule has 2 fully saturated rings. The molecule has 25 heavy (non-hydrogen) atoms. The molecule has 0 bridgehead atoms. The molecule has 0 spiro atoms. The first-order chi connectivity index (χ1) is 12.3. The first-order valence-electron chi connectivity index (χ1n) is 9.12. The zero-order valence-corrected chi connectivity index (χ0v) is 14.2. The molecule has 0 N–H and O–H groups in total. The van der Waals surface area contributed by atoms with Crippen molar-refractivity contribution in [3.63, 3.8) is 0 Å². The molecule has 3 aromatic rings. The van der Waals surface area contributed by atoms with Crippen LogP contribution in [0.25, 0.3) is 16.6 Å². The number of hydrogen-bond acceptors (Lipinski definition) is 4. The molecular weight excluding hydrogens is 314 g/mol. The summed E-state index contributed by atoms with van der Waals surface area (Å²) in [7, 11) is 0. The van der Waals surface area contributed by atoms with E-state index in [4.69, 9.17) is 0 Å². The van der Waals surface area contributed by atoms with Crippen LogP contribution < -0.4 is 4.90 Å². The van der Waals surface area contributed by atoms with E-state index in [0.29, 0.717) is 0 Å². The van der Waals surface area contributed by atoms with Crippen molar-refractivity contribution < 1.29 is 4.79 Å². The second kappa shape index (κ2) is 5.72. The standard InChI is InChI=1S/C19H21N5O/c25-19(23-10-5-6-11-23)15-14-7-1-2-12-24(14)18-16(15)17(20-13-21-18)22-8-3-4-9-22/h1-2,7,12-13H,3-6,8-11H2. The number of hydrogen-bond donors (Lipinski definition) is 0. The van der Waals surface area contributed by atoms with E-state index in [2.05, 4.69) is 14.9 Å². The monoisotopic (exact) mass is 335 g/mol. The van der Waals surface area contributed by atoms with Crippen LogP contribution in [0.4, 0.5) is 5.82 Å². The van der Waals surface area contributed by atoms with Crippen LogP contribution >= 0.6 is 0 Å². The van der Waals surface area contributed by atoms with Gasteiger partial charge in [-0.05, 0) is 37.8 Å². The van der Waals surface area contributed by atoms with Gasteiger partial charge in [-0.1, -0.05) is 6.07 Å². The number of carbonyl (C=O) groups is 1. The van der Waals surface area contributed by atoms with Gasteiger partial charge in [0.05, 0.1) is 16.5 Å². The molecular formula is C19H21N5O. The van der Waals surface area contributed by atoms with Crippen molar-refractivity contribution in [2.24, 2.45) is 0 Å². The number of carbonyl (C=O) groups excluding carboxylic acids is 1. The minimum Gasteiger partial charge on any atom is -0.356 e. The quantitative estimate of drug-likeness (QED) is 0.722. The van der Waals surface area contributed by atoms with Crippen LogP contribution in [-0.4, -0.2) is 51.4 Å². The largest absolute Gasteiger partial charge is 0.356 e. The number of rotatable bonds is 2. The normalized spacial score (nSPS) is 17.9. The van der Waals surface area contributed by atoms with Crippen LogP contribution in [0, 0.1) is 0 Å². The predicted octanol–water partition coefficient (Wildman–Crippen LogP) is 2.72. The van der Waals surface area contributed by atoms with Gasteiger partial charge < -0.3 is 14.2 Å². The van der Waals surface area contributed by atoms with E-state index in [9.17, 15) is 4.79 Å². The molecule has 0 unspecified atom stereocenters. The summed E-state index contributed by atoms with van der Waals surface area (Å²) >= 11 is 0. The summed E-state index contributed by atoms with van der Waals surface area (Å²) in [5.41, 5.74) is 2.52. The molecule has 0 aliphatic carbocycles. The van der Waals surface area contributed by atoms with Gasteiger partial charge in [0.1, 0.15) is 12.1 Å². The van der Waals surface area contributed by atoms with Crippen molar-refractivity contribution in [3.8, 4) is 0 Å². The van der Waals surface area contributed by atoms with Crippen LogP contribution in [0.15, 0.2) is 30.7 Å². The second-order valence-corrected chi connectivity index (χ2v) is 6.92. The molecule has 6 nitrogen and oxygen atoms in total. The molecule has 2 aliphatic rings. The van der Waals surface area contributed by atoms with Crippen LogP contribution in [0.3, 0.4) is 0 Å². The lowest BCUT2D eigenvalue weighted by atomic mass is 10.1. The van der Waals surface area contributed by atoms with E-state index >= 15 is 0 Å². The maximum Gasteiger partial charge on any atom is 0.256 e. The fourth-order valence-corrected chi connectivity index (χ4v) is 4.20. The summed E-state index contributed by atoms with van der Waals surface area (Å²) in [5.74, 6) is 1.03. The molecule has 6 heteroatoms. The van der Waals surface area contributed by atoms with Gasteiger partial charge in [-0.25, -0.2) is 9.97 Å². The van der Waals surface area contributed by atoms with Gasteiger partial charge >= 0.3 is 0 Å². The first-order valence-corrected chi connectivity index (χ1v) is 9.12. The molecule has 0 saturated carbocycles. The fourth-order valence-electron chi connectivity index (χ4n) is 4.20. The molecule has 0 aromatic carbocycles. The van der Waals surface area contributed by atoms with Crippen molar-refractivity contribution in [2.45, 2.75) is 25.7 Å². The summed E-state index contributed by atoms with van der Waals surface area (Å²) < 4.78 is 2.03. The third kappa shape index (κ3) is 2.20. The topological polar surface area (TPSA) is 53.7 Å². The van der Waals surface area contributed by atoms with E-state index in [0.717, 1.165) is 67.0 Å². The molecule has 0 atom stereocenters. The van der Waals surface area contributed by atoms with E-state index in [1.165, 1.54) is 12.8 Å². The number of nitrogens with zero attached hydrogens (tertiary/aromatic N) is 5. The number of likely N-dealkylation sites (tertiary alicyclic amines) is 1. The van der Waals surface area contributed by atoms with Gasteiger partial charge in [0.25, 0.3) is 5.91 Å². The van der Waals surface area contributed by atoms with Gasteiger partial charge in [0, 0.05) is 32.4 Å². The Morgan fingerprint density at radius 1 is 0.960 bits per heavy atom. The Labute approximate surface area is 146 Å². The predicted molar refractivity (Wildman–Crippen MR) is 97.1 cm³/mol.